The Balaban J connectivity index is 2.81. The van der Waals surface area contributed by atoms with Crippen molar-refractivity contribution in [2.24, 2.45) is 11.8 Å². The lowest BCUT2D eigenvalue weighted by atomic mass is 9.86. The van der Waals surface area contributed by atoms with Crippen molar-refractivity contribution in [3.63, 3.8) is 0 Å². The molecule has 0 aliphatic heterocycles. The summed E-state index contributed by atoms with van der Waals surface area (Å²) < 4.78 is 0. The zero-order valence-corrected chi connectivity index (χ0v) is 12.5. The summed E-state index contributed by atoms with van der Waals surface area (Å²) in [5.41, 5.74) is 0.399. The lowest BCUT2D eigenvalue weighted by Gasteiger charge is -2.20. The molecular weight excluding hydrogens is 272 g/mol. The molecule has 0 aliphatic rings. The Morgan fingerprint density at radius 2 is 1.86 bits per heavy atom. The van der Waals surface area contributed by atoms with Crippen molar-refractivity contribution in [1.29, 1.82) is 0 Å². The highest BCUT2D eigenvalue weighted by atomic mass is 16.6. The second kappa shape index (κ2) is 7.52. The van der Waals surface area contributed by atoms with Crippen LogP contribution in [-0.4, -0.2) is 16.6 Å². The largest absolute Gasteiger partial charge is 0.325 e. The predicted molar refractivity (Wildman–Crippen MR) is 80.0 cm³/mol. The van der Waals surface area contributed by atoms with Gasteiger partial charge in [-0.3, -0.25) is 19.7 Å². The van der Waals surface area contributed by atoms with E-state index in [1.807, 2.05) is 13.8 Å². The van der Waals surface area contributed by atoms with Gasteiger partial charge in [0.15, 0.2) is 0 Å². The topological polar surface area (TPSA) is 89.3 Å². The van der Waals surface area contributed by atoms with Gasteiger partial charge in [-0.2, -0.15) is 0 Å². The molecule has 0 fully saturated rings. The Kier molecular flexibility index (Phi) is 6.02. The smallest absolute Gasteiger partial charge is 0.269 e. The molecule has 0 spiro atoms. The number of amides is 1. The van der Waals surface area contributed by atoms with Crippen LogP contribution in [0.5, 0.6) is 0 Å². The summed E-state index contributed by atoms with van der Waals surface area (Å²) in [7, 11) is 0. The first-order valence-electron chi connectivity index (χ1n) is 6.92. The monoisotopic (exact) mass is 292 g/mol. The molecular formula is C15H20N2O4. The number of carbonyl (C=O) groups excluding carboxylic acids is 2. The van der Waals surface area contributed by atoms with Crippen LogP contribution in [0.4, 0.5) is 11.4 Å². The highest BCUT2D eigenvalue weighted by molar-refractivity contribution is 6.06. The van der Waals surface area contributed by atoms with E-state index in [1.165, 1.54) is 31.2 Å². The van der Waals surface area contributed by atoms with Gasteiger partial charge < -0.3 is 5.32 Å². The molecule has 0 aromatic heterocycles. The van der Waals surface area contributed by atoms with E-state index in [2.05, 4.69) is 5.32 Å². The Morgan fingerprint density at radius 1 is 1.29 bits per heavy atom. The van der Waals surface area contributed by atoms with Gasteiger partial charge in [0.1, 0.15) is 5.78 Å². The maximum atomic E-state index is 12.2. The number of non-ortho nitro benzene ring substituents is 1. The van der Waals surface area contributed by atoms with E-state index in [-0.39, 0.29) is 23.3 Å². The van der Waals surface area contributed by atoms with E-state index in [4.69, 9.17) is 0 Å². The molecule has 114 valence electrons. The molecule has 0 saturated heterocycles. The maximum Gasteiger partial charge on any atom is 0.269 e. The number of nitro groups is 1. The van der Waals surface area contributed by atoms with Crippen LogP contribution in [-0.2, 0) is 9.59 Å². The van der Waals surface area contributed by atoms with Crippen molar-refractivity contribution in [1.82, 2.24) is 0 Å². The number of ketones is 1. The van der Waals surface area contributed by atoms with E-state index >= 15 is 0 Å². The van der Waals surface area contributed by atoms with Crippen LogP contribution in [0.2, 0.25) is 0 Å². The van der Waals surface area contributed by atoms with E-state index in [0.29, 0.717) is 5.69 Å². The van der Waals surface area contributed by atoms with Crippen LogP contribution < -0.4 is 5.32 Å². The number of nitrogens with one attached hydrogen (secondary N) is 1. The van der Waals surface area contributed by atoms with Crippen LogP contribution in [0.25, 0.3) is 0 Å². The summed E-state index contributed by atoms with van der Waals surface area (Å²) in [6, 6.07) is 5.54. The number of benzene rings is 1. The van der Waals surface area contributed by atoms with Gasteiger partial charge in [0.25, 0.3) is 5.69 Å². The van der Waals surface area contributed by atoms with Gasteiger partial charge in [0, 0.05) is 17.8 Å². The van der Waals surface area contributed by atoms with Crippen molar-refractivity contribution < 1.29 is 14.5 Å². The van der Waals surface area contributed by atoms with E-state index < -0.39 is 10.8 Å². The molecule has 0 aliphatic carbocycles. The molecule has 1 aromatic carbocycles. The Hall–Kier alpha value is -2.24. The summed E-state index contributed by atoms with van der Waals surface area (Å²) in [4.78, 5) is 34.0. The summed E-state index contributed by atoms with van der Waals surface area (Å²) in [6.45, 7) is 5.29. The van der Waals surface area contributed by atoms with Crippen LogP contribution in [0.3, 0.4) is 0 Å². The molecule has 0 radical (unpaired) electrons. The maximum absolute atomic E-state index is 12.2. The SMILES string of the molecule is CCCC(C)C(C(C)=O)C(=O)Nc1ccc([N+](=O)[O-])cc1. The molecule has 1 rings (SSSR count). The van der Waals surface area contributed by atoms with Gasteiger partial charge in [-0.1, -0.05) is 20.3 Å². The molecule has 1 amide bonds. The van der Waals surface area contributed by atoms with Crippen molar-refractivity contribution in [2.75, 3.05) is 5.32 Å². The Labute approximate surface area is 123 Å². The number of nitro benzene ring substituents is 1. The van der Waals surface area contributed by atoms with Crippen molar-refractivity contribution >= 4 is 23.1 Å². The summed E-state index contributed by atoms with van der Waals surface area (Å²) >= 11 is 0. The molecule has 1 N–H and O–H groups in total. The van der Waals surface area contributed by atoms with Crippen LogP contribution in [0.15, 0.2) is 24.3 Å². The first-order valence-corrected chi connectivity index (χ1v) is 6.92. The van der Waals surface area contributed by atoms with Gasteiger partial charge in [0.2, 0.25) is 5.91 Å². The van der Waals surface area contributed by atoms with Crippen LogP contribution in [0, 0.1) is 22.0 Å². The number of rotatable bonds is 7. The Bertz CT molecular complexity index is 525. The standard InChI is InChI=1S/C15H20N2O4/c1-4-5-10(2)14(11(3)18)15(19)16-12-6-8-13(9-7-12)17(20)21/h6-10,14H,4-5H2,1-3H3,(H,16,19). The number of carbonyl (C=O) groups is 2. The van der Waals surface area contributed by atoms with E-state index in [9.17, 15) is 19.7 Å². The zero-order chi connectivity index (χ0) is 16.0. The number of hydrogen-bond donors (Lipinski definition) is 1. The number of anilines is 1. The minimum absolute atomic E-state index is 0.0365. The van der Waals surface area contributed by atoms with Gasteiger partial charge in [-0.15, -0.1) is 0 Å². The van der Waals surface area contributed by atoms with Gasteiger partial charge in [-0.25, -0.2) is 0 Å². The quantitative estimate of drug-likeness (QED) is 0.475. The highest BCUT2D eigenvalue weighted by Gasteiger charge is 2.28. The van der Waals surface area contributed by atoms with Crippen LogP contribution in [0.1, 0.15) is 33.6 Å². The third kappa shape index (κ3) is 4.66. The van der Waals surface area contributed by atoms with Gasteiger partial charge in [-0.05, 0) is 31.4 Å². The van der Waals surface area contributed by atoms with E-state index in [0.717, 1.165) is 12.8 Å². The average Bonchev–Trinajstić information content (AvgIpc) is 2.39. The summed E-state index contributed by atoms with van der Waals surface area (Å²) in [5, 5.41) is 13.2. The fourth-order valence-electron chi connectivity index (χ4n) is 2.35. The molecule has 6 nitrogen and oxygen atoms in total. The number of nitrogens with zero attached hydrogens (tertiary/aromatic N) is 1. The molecule has 0 heterocycles. The number of Topliss-reactive ketones (excluding diaryl/α,β-unsaturated/α-hetero) is 1. The van der Waals surface area contributed by atoms with E-state index in [1.54, 1.807) is 0 Å². The second-order valence-electron chi connectivity index (χ2n) is 5.15. The zero-order valence-electron chi connectivity index (χ0n) is 12.5. The predicted octanol–water partition coefficient (Wildman–Crippen LogP) is 3.17. The van der Waals surface area contributed by atoms with Gasteiger partial charge >= 0.3 is 0 Å². The molecule has 0 saturated carbocycles. The molecule has 2 unspecified atom stereocenters. The third-order valence-electron chi connectivity index (χ3n) is 3.38. The Morgan fingerprint density at radius 3 is 2.29 bits per heavy atom. The molecule has 2 atom stereocenters. The first kappa shape index (κ1) is 16.8. The lowest BCUT2D eigenvalue weighted by molar-refractivity contribution is -0.384. The van der Waals surface area contributed by atoms with Crippen molar-refractivity contribution in [3.8, 4) is 0 Å². The average molecular weight is 292 g/mol. The minimum atomic E-state index is -0.694. The summed E-state index contributed by atoms with van der Waals surface area (Å²) in [6.07, 6.45) is 1.69. The molecule has 0 bridgehead atoms. The van der Waals surface area contributed by atoms with Crippen molar-refractivity contribution in [3.05, 3.63) is 34.4 Å². The second-order valence-corrected chi connectivity index (χ2v) is 5.15. The fourth-order valence-corrected chi connectivity index (χ4v) is 2.35. The highest BCUT2D eigenvalue weighted by Crippen LogP contribution is 2.21. The fraction of sp³-hybridized carbons (Fsp3) is 0.467. The first-order chi connectivity index (χ1) is 9.86. The molecule has 1 aromatic rings. The summed E-state index contributed by atoms with van der Waals surface area (Å²) in [5.74, 6) is -1.27. The lowest BCUT2D eigenvalue weighted by Crippen LogP contribution is -2.33. The normalized spacial score (nSPS) is 13.3. The minimum Gasteiger partial charge on any atom is -0.325 e. The molecule has 6 heteroatoms. The van der Waals surface area contributed by atoms with Crippen molar-refractivity contribution in [2.45, 2.75) is 33.6 Å². The number of hydrogen-bond acceptors (Lipinski definition) is 4. The van der Waals surface area contributed by atoms with Crippen LogP contribution >= 0.6 is 0 Å². The van der Waals surface area contributed by atoms with Gasteiger partial charge in [0.05, 0.1) is 10.8 Å². The third-order valence-corrected chi connectivity index (χ3v) is 3.38. The molecule has 21 heavy (non-hydrogen) atoms.